The Morgan fingerprint density at radius 2 is 1.79 bits per heavy atom. The van der Waals surface area contributed by atoms with Crippen molar-refractivity contribution < 1.29 is 9.18 Å². The van der Waals surface area contributed by atoms with Gasteiger partial charge in [-0.2, -0.15) is 0 Å². The molecule has 3 aromatic rings. The summed E-state index contributed by atoms with van der Waals surface area (Å²) in [4.78, 5) is 40.3. The molecule has 0 spiro atoms. The summed E-state index contributed by atoms with van der Waals surface area (Å²) in [6.45, 7) is 4.51. The molecule has 0 unspecified atom stereocenters. The van der Waals surface area contributed by atoms with Gasteiger partial charge in [0.2, 0.25) is 5.91 Å². The van der Waals surface area contributed by atoms with Crippen molar-refractivity contribution in [2.45, 2.75) is 20.4 Å². The fraction of sp³-hybridized carbons (Fsp3) is 0.250. The van der Waals surface area contributed by atoms with Crippen LogP contribution in [0.1, 0.15) is 13.8 Å². The highest BCUT2D eigenvalue weighted by molar-refractivity contribution is 6.30. The molecule has 0 saturated carbocycles. The molecule has 28 heavy (non-hydrogen) atoms. The molecule has 1 aromatic heterocycles. The van der Waals surface area contributed by atoms with E-state index in [0.717, 1.165) is 10.6 Å². The first-order valence-corrected chi connectivity index (χ1v) is 9.24. The second-order valence-electron chi connectivity index (χ2n) is 6.19. The maximum atomic E-state index is 13.5. The van der Waals surface area contributed by atoms with E-state index in [-0.39, 0.29) is 28.5 Å². The lowest BCUT2D eigenvalue weighted by Gasteiger charge is -2.20. The summed E-state index contributed by atoms with van der Waals surface area (Å²) < 4.78 is 15.7. The zero-order valence-electron chi connectivity index (χ0n) is 15.5. The minimum Gasteiger partial charge on any atom is -0.342 e. The van der Waals surface area contributed by atoms with Gasteiger partial charge in [0.15, 0.2) is 0 Å². The first-order valence-electron chi connectivity index (χ1n) is 8.86. The van der Waals surface area contributed by atoms with Crippen molar-refractivity contribution in [3.8, 4) is 5.69 Å². The van der Waals surface area contributed by atoms with Crippen LogP contribution < -0.4 is 11.2 Å². The van der Waals surface area contributed by atoms with Crippen molar-refractivity contribution in [1.29, 1.82) is 0 Å². The van der Waals surface area contributed by atoms with Crippen molar-refractivity contribution in [1.82, 2.24) is 14.0 Å². The molecule has 2 aromatic carbocycles. The van der Waals surface area contributed by atoms with Gasteiger partial charge in [-0.3, -0.25) is 14.2 Å². The van der Waals surface area contributed by atoms with Crippen molar-refractivity contribution in [2.24, 2.45) is 0 Å². The molecule has 0 radical (unpaired) electrons. The molecule has 0 fully saturated rings. The minimum absolute atomic E-state index is 0.135. The summed E-state index contributed by atoms with van der Waals surface area (Å²) in [5, 5.41) is 0.0672. The van der Waals surface area contributed by atoms with Gasteiger partial charge < -0.3 is 4.90 Å². The number of carbonyl (C=O) groups excluding carboxylic acids is 1. The third-order valence-electron chi connectivity index (χ3n) is 4.62. The number of halogens is 2. The van der Waals surface area contributed by atoms with Gasteiger partial charge in [-0.25, -0.2) is 13.8 Å². The van der Waals surface area contributed by atoms with Gasteiger partial charge in [-0.05, 0) is 44.2 Å². The van der Waals surface area contributed by atoms with Crippen LogP contribution in [0.2, 0.25) is 5.02 Å². The Balaban J connectivity index is 2.29. The van der Waals surface area contributed by atoms with E-state index in [9.17, 15) is 18.8 Å². The van der Waals surface area contributed by atoms with Crippen LogP contribution in [0, 0.1) is 5.82 Å². The molecule has 8 heteroatoms. The molecule has 146 valence electrons. The number of likely N-dealkylation sites (N-methyl/N-ethyl adjacent to an activating group) is 1. The number of nitrogens with zero attached hydrogens (tertiary/aromatic N) is 3. The second-order valence-corrected chi connectivity index (χ2v) is 6.60. The fourth-order valence-electron chi connectivity index (χ4n) is 3.14. The van der Waals surface area contributed by atoms with Gasteiger partial charge in [0.25, 0.3) is 5.56 Å². The Morgan fingerprint density at radius 3 is 2.43 bits per heavy atom. The topological polar surface area (TPSA) is 64.3 Å². The van der Waals surface area contributed by atoms with Crippen molar-refractivity contribution in [3.63, 3.8) is 0 Å². The van der Waals surface area contributed by atoms with Crippen LogP contribution >= 0.6 is 11.6 Å². The predicted octanol–water partition coefficient (Wildman–Crippen LogP) is 2.81. The van der Waals surface area contributed by atoms with Crippen LogP contribution in [0.15, 0.2) is 52.1 Å². The first-order chi connectivity index (χ1) is 13.4. The van der Waals surface area contributed by atoms with Gasteiger partial charge in [0, 0.05) is 13.1 Å². The molecule has 0 aliphatic heterocycles. The molecular formula is C20H19ClFN3O3. The molecule has 3 rings (SSSR count). The lowest BCUT2D eigenvalue weighted by molar-refractivity contribution is -0.131. The Morgan fingerprint density at radius 1 is 1.11 bits per heavy atom. The Labute approximate surface area is 165 Å². The number of aromatic nitrogens is 2. The fourth-order valence-corrected chi connectivity index (χ4v) is 3.31. The summed E-state index contributed by atoms with van der Waals surface area (Å²) in [5.74, 6) is -0.893. The summed E-state index contributed by atoms with van der Waals surface area (Å²) in [6.07, 6.45) is 0. The average molecular weight is 404 g/mol. The summed E-state index contributed by atoms with van der Waals surface area (Å²) in [6, 6.07) is 10.2. The number of rotatable bonds is 5. The SMILES string of the molecule is CCN(CC)C(=O)Cn1c(=O)n(-c2ccc(F)c(Cl)c2)c(=O)c2ccccc21. The zero-order chi connectivity index (χ0) is 20.4. The summed E-state index contributed by atoms with van der Waals surface area (Å²) in [5.41, 5.74) is -0.750. The van der Waals surface area contributed by atoms with E-state index >= 15 is 0 Å². The van der Waals surface area contributed by atoms with Gasteiger partial charge in [0.05, 0.1) is 21.6 Å². The van der Waals surface area contributed by atoms with Gasteiger partial charge in [-0.1, -0.05) is 23.7 Å². The number of para-hydroxylation sites is 1. The molecule has 0 N–H and O–H groups in total. The lowest BCUT2D eigenvalue weighted by Crippen LogP contribution is -2.42. The molecule has 1 amide bonds. The second kappa shape index (κ2) is 7.98. The zero-order valence-corrected chi connectivity index (χ0v) is 16.2. The highest BCUT2D eigenvalue weighted by atomic mass is 35.5. The molecule has 6 nitrogen and oxygen atoms in total. The number of benzene rings is 2. The molecular weight excluding hydrogens is 385 g/mol. The highest BCUT2D eigenvalue weighted by Crippen LogP contribution is 2.18. The number of carbonyl (C=O) groups is 1. The maximum absolute atomic E-state index is 13.5. The van der Waals surface area contributed by atoms with Gasteiger partial charge in [0.1, 0.15) is 12.4 Å². The highest BCUT2D eigenvalue weighted by Gasteiger charge is 2.18. The number of hydrogen-bond acceptors (Lipinski definition) is 3. The van der Waals surface area contributed by atoms with Crippen LogP contribution in [-0.2, 0) is 11.3 Å². The normalized spacial score (nSPS) is 11.0. The molecule has 0 aliphatic rings. The Bertz CT molecular complexity index is 1170. The largest absolute Gasteiger partial charge is 0.342 e. The molecule has 0 bridgehead atoms. The molecule has 1 heterocycles. The monoisotopic (exact) mass is 403 g/mol. The van der Waals surface area contributed by atoms with Crippen molar-refractivity contribution >= 4 is 28.4 Å². The summed E-state index contributed by atoms with van der Waals surface area (Å²) in [7, 11) is 0. The quantitative estimate of drug-likeness (QED) is 0.658. The molecule has 0 atom stereocenters. The first kappa shape index (κ1) is 19.8. The van der Waals surface area contributed by atoms with Gasteiger partial charge in [-0.15, -0.1) is 0 Å². The van der Waals surface area contributed by atoms with E-state index in [1.54, 1.807) is 29.2 Å². The minimum atomic E-state index is -0.688. The predicted molar refractivity (Wildman–Crippen MR) is 107 cm³/mol. The van der Waals surface area contributed by atoms with Gasteiger partial charge >= 0.3 is 5.69 Å². The Kier molecular flexibility index (Phi) is 5.65. The van der Waals surface area contributed by atoms with E-state index in [4.69, 9.17) is 11.6 Å². The van der Waals surface area contributed by atoms with Crippen LogP contribution in [0.5, 0.6) is 0 Å². The lowest BCUT2D eigenvalue weighted by atomic mass is 10.2. The van der Waals surface area contributed by atoms with Crippen LogP contribution in [-0.4, -0.2) is 33.0 Å². The van der Waals surface area contributed by atoms with E-state index in [0.29, 0.717) is 18.6 Å². The number of fused-ring (bicyclic) bond motifs is 1. The van der Waals surface area contributed by atoms with Crippen LogP contribution in [0.3, 0.4) is 0 Å². The van der Waals surface area contributed by atoms with Crippen molar-refractivity contribution in [3.05, 3.63) is 74.1 Å². The van der Waals surface area contributed by atoms with Crippen molar-refractivity contribution in [2.75, 3.05) is 13.1 Å². The number of amides is 1. The molecule has 0 saturated heterocycles. The van der Waals surface area contributed by atoms with E-state index in [2.05, 4.69) is 0 Å². The average Bonchev–Trinajstić information content (AvgIpc) is 2.69. The third kappa shape index (κ3) is 3.45. The summed E-state index contributed by atoms with van der Waals surface area (Å²) >= 11 is 5.83. The van der Waals surface area contributed by atoms with E-state index in [1.807, 2.05) is 13.8 Å². The van der Waals surface area contributed by atoms with Crippen LogP contribution in [0.4, 0.5) is 4.39 Å². The standard InChI is InChI=1S/C20H19ClFN3O3/c1-3-23(4-2)18(26)12-24-17-8-6-5-7-14(17)19(27)25(20(24)28)13-9-10-16(22)15(21)11-13/h5-11H,3-4,12H2,1-2H3. The van der Waals surface area contributed by atoms with Crippen LogP contribution in [0.25, 0.3) is 16.6 Å². The van der Waals surface area contributed by atoms with E-state index < -0.39 is 17.1 Å². The number of hydrogen-bond donors (Lipinski definition) is 0. The Hall–Kier alpha value is -2.93. The smallest absolute Gasteiger partial charge is 0.336 e. The van der Waals surface area contributed by atoms with E-state index in [1.165, 1.54) is 16.7 Å². The molecule has 0 aliphatic carbocycles. The maximum Gasteiger partial charge on any atom is 0.336 e. The third-order valence-corrected chi connectivity index (χ3v) is 4.91.